The van der Waals surface area contributed by atoms with Gasteiger partial charge in [-0.15, -0.1) is 0 Å². The molecule has 3 aromatic rings. The predicted octanol–water partition coefficient (Wildman–Crippen LogP) is 3.47. The van der Waals surface area contributed by atoms with E-state index in [1.807, 2.05) is 31.3 Å². The monoisotopic (exact) mass is 434 g/mol. The largest absolute Gasteiger partial charge is 0.497 e. The Bertz CT molecular complexity index is 1050. The molecule has 1 saturated heterocycles. The summed E-state index contributed by atoms with van der Waals surface area (Å²) < 4.78 is 7.59. The van der Waals surface area contributed by atoms with Gasteiger partial charge in [0.15, 0.2) is 5.96 Å². The van der Waals surface area contributed by atoms with Crippen molar-refractivity contribution in [1.82, 2.24) is 25.1 Å². The lowest BCUT2D eigenvalue weighted by Crippen LogP contribution is -2.42. The molecule has 0 spiro atoms. The molecule has 170 valence electrons. The number of hydrogen-bond donors (Lipinski definition) is 2. The lowest BCUT2D eigenvalue weighted by Gasteiger charge is -2.29. The van der Waals surface area contributed by atoms with Crippen molar-refractivity contribution in [2.45, 2.75) is 32.4 Å². The molecule has 1 fully saturated rings. The highest BCUT2D eigenvalue weighted by atomic mass is 16.5. The van der Waals surface area contributed by atoms with E-state index in [-0.39, 0.29) is 6.04 Å². The van der Waals surface area contributed by atoms with Crippen LogP contribution >= 0.6 is 0 Å². The number of fused-ring (bicyclic) bond motifs is 1. The first-order valence-electron chi connectivity index (χ1n) is 11.5. The molecule has 7 heteroatoms. The zero-order valence-corrected chi connectivity index (χ0v) is 19.3. The van der Waals surface area contributed by atoms with Gasteiger partial charge in [-0.2, -0.15) is 0 Å². The summed E-state index contributed by atoms with van der Waals surface area (Å²) in [5.74, 6) is 2.66. The lowest BCUT2D eigenvalue weighted by molar-refractivity contribution is 0.245. The number of benzene rings is 2. The maximum Gasteiger partial charge on any atom is 0.191 e. The summed E-state index contributed by atoms with van der Waals surface area (Å²) in [5.41, 5.74) is 3.40. The molecule has 2 heterocycles. The second kappa shape index (κ2) is 10.5. The molecule has 1 aromatic heterocycles. The summed E-state index contributed by atoms with van der Waals surface area (Å²) >= 11 is 0. The molecule has 1 atom stereocenters. The van der Waals surface area contributed by atoms with Gasteiger partial charge in [-0.3, -0.25) is 4.90 Å². The van der Waals surface area contributed by atoms with Crippen LogP contribution in [-0.4, -0.2) is 53.7 Å². The van der Waals surface area contributed by atoms with Crippen molar-refractivity contribution in [2.75, 3.05) is 33.3 Å². The van der Waals surface area contributed by atoms with Crippen LogP contribution in [0.5, 0.6) is 5.75 Å². The zero-order valence-electron chi connectivity index (χ0n) is 19.3. The van der Waals surface area contributed by atoms with Gasteiger partial charge in [0.2, 0.25) is 0 Å². The molecule has 7 nitrogen and oxygen atoms in total. The highest BCUT2D eigenvalue weighted by Crippen LogP contribution is 2.27. The number of aliphatic imine (C=N–C) groups is 1. The molecule has 0 bridgehead atoms. The maximum atomic E-state index is 5.47. The topological polar surface area (TPSA) is 66.7 Å². The Morgan fingerprint density at radius 3 is 2.69 bits per heavy atom. The molecule has 32 heavy (non-hydrogen) atoms. The second-order valence-electron chi connectivity index (χ2n) is 8.19. The van der Waals surface area contributed by atoms with E-state index in [0.717, 1.165) is 54.7 Å². The minimum atomic E-state index is 0.271. The van der Waals surface area contributed by atoms with Crippen LogP contribution in [0.15, 0.2) is 53.5 Å². The first-order chi connectivity index (χ1) is 15.7. The third kappa shape index (κ3) is 5.05. The predicted molar refractivity (Wildman–Crippen MR) is 130 cm³/mol. The number of imidazole rings is 1. The van der Waals surface area contributed by atoms with E-state index in [9.17, 15) is 0 Å². The number of ether oxygens (including phenoxy) is 1. The fourth-order valence-corrected chi connectivity index (χ4v) is 4.38. The Balaban J connectivity index is 1.50. The molecule has 4 rings (SSSR count). The van der Waals surface area contributed by atoms with Crippen LogP contribution in [0.2, 0.25) is 0 Å². The van der Waals surface area contributed by atoms with Gasteiger partial charge in [0.05, 0.1) is 24.2 Å². The van der Waals surface area contributed by atoms with E-state index in [1.54, 1.807) is 7.11 Å². The van der Waals surface area contributed by atoms with Crippen LogP contribution in [0, 0.1) is 0 Å². The van der Waals surface area contributed by atoms with Gasteiger partial charge in [0.25, 0.3) is 0 Å². The lowest BCUT2D eigenvalue weighted by atomic mass is 10.1. The van der Waals surface area contributed by atoms with Gasteiger partial charge >= 0.3 is 0 Å². The van der Waals surface area contributed by atoms with Crippen LogP contribution < -0.4 is 15.4 Å². The standard InChI is InChI=1S/C25H34N6O/c1-4-26-25(28-18-24-29-21-12-5-6-13-22(21)30(24)2)27-17-23(31-14-7-8-15-31)19-10-9-11-20(16-19)32-3/h5-6,9-13,16,23H,4,7-8,14-15,17-18H2,1-3H3,(H2,26,27,28). The molecular formula is C25H34N6O. The summed E-state index contributed by atoms with van der Waals surface area (Å²) in [4.78, 5) is 12.1. The summed E-state index contributed by atoms with van der Waals surface area (Å²) in [6, 6.07) is 16.9. The SMILES string of the molecule is CCNC(=NCc1nc2ccccc2n1C)NCC(c1cccc(OC)c1)N1CCCC1. The second-order valence-corrected chi connectivity index (χ2v) is 8.19. The van der Waals surface area contributed by atoms with E-state index >= 15 is 0 Å². The van der Waals surface area contributed by atoms with Crippen LogP contribution in [0.1, 0.15) is 37.2 Å². The van der Waals surface area contributed by atoms with Crippen molar-refractivity contribution >= 4 is 17.0 Å². The fraction of sp³-hybridized carbons (Fsp3) is 0.440. The summed E-state index contributed by atoms with van der Waals surface area (Å²) in [5, 5.41) is 6.96. The molecule has 2 aromatic carbocycles. The number of rotatable bonds is 8. The third-order valence-corrected chi connectivity index (χ3v) is 6.13. The highest BCUT2D eigenvalue weighted by molar-refractivity contribution is 5.80. The van der Waals surface area contributed by atoms with E-state index in [0.29, 0.717) is 6.54 Å². The van der Waals surface area contributed by atoms with Crippen LogP contribution in [0.25, 0.3) is 11.0 Å². The summed E-state index contributed by atoms with van der Waals surface area (Å²) in [7, 11) is 3.77. The van der Waals surface area contributed by atoms with Crippen molar-refractivity contribution in [1.29, 1.82) is 0 Å². The molecular weight excluding hydrogens is 400 g/mol. The molecule has 0 radical (unpaired) electrons. The Labute approximate surface area is 190 Å². The number of nitrogens with zero attached hydrogens (tertiary/aromatic N) is 4. The van der Waals surface area contributed by atoms with Crippen LogP contribution in [0.4, 0.5) is 0 Å². The first-order valence-corrected chi connectivity index (χ1v) is 11.5. The minimum Gasteiger partial charge on any atom is -0.497 e. The maximum absolute atomic E-state index is 5.47. The van der Waals surface area contributed by atoms with Crippen LogP contribution in [-0.2, 0) is 13.6 Å². The average Bonchev–Trinajstić information content (AvgIpc) is 3.46. The van der Waals surface area contributed by atoms with Crippen molar-refractivity contribution in [3.05, 3.63) is 59.9 Å². The minimum absolute atomic E-state index is 0.271. The Hall–Kier alpha value is -3.06. The number of nitrogens with one attached hydrogen (secondary N) is 2. The number of guanidine groups is 1. The average molecular weight is 435 g/mol. The third-order valence-electron chi connectivity index (χ3n) is 6.13. The number of methoxy groups -OCH3 is 1. The normalized spacial score (nSPS) is 15.8. The molecule has 0 saturated carbocycles. The zero-order chi connectivity index (χ0) is 22.3. The molecule has 1 aliphatic heterocycles. The Kier molecular flexibility index (Phi) is 7.27. The molecule has 0 aliphatic carbocycles. The van der Waals surface area contributed by atoms with E-state index in [1.165, 1.54) is 18.4 Å². The Morgan fingerprint density at radius 2 is 1.94 bits per heavy atom. The number of para-hydroxylation sites is 2. The van der Waals surface area contributed by atoms with Crippen molar-refractivity contribution < 1.29 is 4.74 Å². The molecule has 1 unspecified atom stereocenters. The van der Waals surface area contributed by atoms with Crippen molar-refractivity contribution in [3.8, 4) is 5.75 Å². The van der Waals surface area contributed by atoms with E-state index in [2.05, 4.69) is 51.3 Å². The van der Waals surface area contributed by atoms with Crippen LogP contribution in [0.3, 0.4) is 0 Å². The van der Waals surface area contributed by atoms with E-state index in [4.69, 9.17) is 14.7 Å². The number of aryl methyl sites for hydroxylation is 1. The Morgan fingerprint density at radius 1 is 1.12 bits per heavy atom. The van der Waals surface area contributed by atoms with Crippen molar-refractivity contribution in [3.63, 3.8) is 0 Å². The van der Waals surface area contributed by atoms with Gasteiger partial charge in [0.1, 0.15) is 18.1 Å². The summed E-state index contributed by atoms with van der Waals surface area (Å²) in [6.07, 6.45) is 2.50. The van der Waals surface area contributed by atoms with Gasteiger partial charge in [-0.25, -0.2) is 9.98 Å². The van der Waals surface area contributed by atoms with E-state index < -0.39 is 0 Å². The fourth-order valence-electron chi connectivity index (χ4n) is 4.38. The van der Waals surface area contributed by atoms with Crippen molar-refractivity contribution in [2.24, 2.45) is 12.0 Å². The molecule has 2 N–H and O–H groups in total. The molecule has 0 amide bonds. The number of aromatic nitrogens is 2. The molecule has 1 aliphatic rings. The smallest absolute Gasteiger partial charge is 0.191 e. The summed E-state index contributed by atoms with van der Waals surface area (Å²) in [6.45, 7) is 6.44. The highest BCUT2D eigenvalue weighted by Gasteiger charge is 2.24. The van der Waals surface area contributed by atoms with Gasteiger partial charge in [-0.1, -0.05) is 24.3 Å². The van der Waals surface area contributed by atoms with Gasteiger partial charge in [-0.05, 0) is 62.7 Å². The number of likely N-dealkylation sites (tertiary alicyclic amines) is 1. The quantitative estimate of drug-likeness (QED) is 0.420. The first kappa shape index (κ1) is 22.1. The van der Waals surface area contributed by atoms with Gasteiger partial charge in [0, 0.05) is 20.1 Å². The van der Waals surface area contributed by atoms with Gasteiger partial charge < -0.3 is 19.9 Å². The number of hydrogen-bond acceptors (Lipinski definition) is 4.